The van der Waals surface area contributed by atoms with Gasteiger partial charge in [-0.1, -0.05) is 32.9 Å². The van der Waals surface area contributed by atoms with Gasteiger partial charge in [-0.05, 0) is 60.2 Å². The molecule has 0 aliphatic carbocycles. The first kappa shape index (κ1) is 21.9. The molecule has 2 aromatic rings. The Balaban J connectivity index is 1.52. The van der Waals surface area contributed by atoms with Gasteiger partial charge in [0.15, 0.2) is 0 Å². The maximum atomic E-state index is 12.8. The third-order valence-corrected chi connectivity index (χ3v) is 5.76. The lowest BCUT2D eigenvalue weighted by molar-refractivity contribution is 0.0698. The van der Waals surface area contributed by atoms with Crippen LogP contribution in [0.2, 0.25) is 0 Å². The Hall–Kier alpha value is -2.82. The number of carbonyl (C=O) groups excluding carboxylic acids is 2. The van der Waals surface area contributed by atoms with Gasteiger partial charge in [-0.15, -0.1) is 0 Å². The van der Waals surface area contributed by atoms with Gasteiger partial charge in [-0.2, -0.15) is 0 Å². The highest BCUT2D eigenvalue weighted by molar-refractivity contribution is 5.95. The monoisotopic (exact) mass is 407 g/mol. The Morgan fingerprint density at radius 1 is 0.900 bits per heavy atom. The number of anilines is 1. The zero-order valence-electron chi connectivity index (χ0n) is 18.7. The van der Waals surface area contributed by atoms with Crippen molar-refractivity contribution in [3.63, 3.8) is 0 Å². The van der Waals surface area contributed by atoms with Crippen molar-refractivity contribution in [3.05, 3.63) is 65.2 Å². The van der Waals surface area contributed by atoms with Crippen molar-refractivity contribution in [2.45, 2.75) is 45.1 Å². The van der Waals surface area contributed by atoms with E-state index in [4.69, 9.17) is 0 Å². The van der Waals surface area contributed by atoms with Crippen LogP contribution < -0.4 is 10.2 Å². The Kier molecular flexibility index (Phi) is 6.49. The summed E-state index contributed by atoms with van der Waals surface area (Å²) in [6.07, 6.45) is 1.54. The fraction of sp³-hybridized carbons (Fsp3) is 0.440. The maximum absolute atomic E-state index is 12.8. The van der Waals surface area contributed by atoms with Crippen LogP contribution >= 0.6 is 0 Å². The molecular formula is C25H33N3O2. The largest absolute Gasteiger partial charge is 0.378 e. The number of rotatable bonds is 4. The molecule has 1 aliphatic rings. The van der Waals surface area contributed by atoms with E-state index in [0.717, 1.165) is 18.5 Å². The first-order valence-electron chi connectivity index (χ1n) is 10.6. The van der Waals surface area contributed by atoms with Crippen molar-refractivity contribution < 1.29 is 9.59 Å². The van der Waals surface area contributed by atoms with E-state index in [1.54, 1.807) is 0 Å². The Morgan fingerprint density at radius 3 is 1.93 bits per heavy atom. The van der Waals surface area contributed by atoms with Crippen LogP contribution in [0.25, 0.3) is 0 Å². The van der Waals surface area contributed by atoms with E-state index < -0.39 is 0 Å². The van der Waals surface area contributed by atoms with Gasteiger partial charge < -0.3 is 15.1 Å². The molecule has 0 unspecified atom stereocenters. The molecule has 0 radical (unpaired) electrons. The van der Waals surface area contributed by atoms with Gasteiger partial charge in [-0.3, -0.25) is 9.59 Å². The van der Waals surface area contributed by atoms with Crippen molar-refractivity contribution in [1.82, 2.24) is 10.2 Å². The molecule has 1 heterocycles. The molecule has 5 nitrogen and oxygen atoms in total. The predicted octanol–water partition coefficient (Wildman–Crippen LogP) is 4.08. The molecule has 1 saturated heterocycles. The quantitative estimate of drug-likeness (QED) is 0.831. The fourth-order valence-corrected chi connectivity index (χ4v) is 3.70. The molecule has 160 valence electrons. The number of piperidine rings is 1. The summed E-state index contributed by atoms with van der Waals surface area (Å²) in [5.41, 5.74) is 3.75. The summed E-state index contributed by atoms with van der Waals surface area (Å²) in [5, 5.41) is 3.13. The van der Waals surface area contributed by atoms with Crippen molar-refractivity contribution in [2.75, 3.05) is 32.1 Å². The first-order valence-corrected chi connectivity index (χ1v) is 10.6. The summed E-state index contributed by atoms with van der Waals surface area (Å²) in [5.74, 6) is 0.0161. The number of amides is 2. The van der Waals surface area contributed by atoms with Gasteiger partial charge in [0.05, 0.1) is 0 Å². The second kappa shape index (κ2) is 8.90. The highest BCUT2D eigenvalue weighted by Crippen LogP contribution is 2.22. The van der Waals surface area contributed by atoms with Crippen LogP contribution in [-0.2, 0) is 5.41 Å². The molecule has 1 fully saturated rings. The predicted molar refractivity (Wildman–Crippen MR) is 122 cm³/mol. The van der Waals surface area contributed by atoms with Crippen LogP contribution in [-0.4, -0.2) is 49.9 Å². The first-order chi connectivity index (χ1) is 14.1. The summed E-state index contributed by atoms with van der Waals surface area (Å²) in [6.45, 7) is 7.79. The van der Waals surface area contributed by atoms with Crippen LogP contribution in [0.15, 0.2) is 48.5 Å². The molecular weight excluding hydrogens is 374 g/mol. The topological polar surface area (TPSA) is 52.7 Å². The SMILES string of the molecule is CN(C)c1ccc(C(=O)N2CCC(NC(=O)c3ccc(C(C)(C)C)cc3)CC2)cc1. The van der Waals surface area contributed by atoms with E-state index in [1.807, 2.05) is 72.4 Å². The molecule has 30 heavy (non-hydrogen) atoms. The van der Waals surface area contributed by atoms with Crippen LogP contribution in [0.4, 0.5) is 5.69 Å². The highest BCUT2D eigenvalue weighted by atomic mass is 16.2. The van der Waals surface area contributed by atoms with E-state index in [-0.39, 0.29) is 23.3 Å². The molecule has 2 amide bonds. The average Bonchev–Trinajstić information content (AvgIpc) is 2.73. The average molecular weight is 408 g/mol. The van der Waals surface area contributed by atoms with Gasteiger partial charge in [0.1, 0.15) is 0 Å². The number of nitrogens with zero attached hydrogens (tertiary/aromatic N) is 2. The van der Waals surface area contributed by atoms with Crippen molar-refractivity contribution >= 4 is 17.5 Å². The van der Waals surface area contributed by atoms with Gasteiger partial charge in [0.25, 0.3) is 11.8 Å². The zero-order chi connectivity index (χ0) is 21.9. The van der Waals surface area contributed by atoms with Gasteiger partial charge >= 0.3 is 0 Å². The van der Waals surface area contributed by atoms with E-state index in [9.17, 15) is 9.59 Å². The summed E-state index contributed by atoms with van der Waals surface area (Å²) in [4.78, 5) is 29.3. The van der Waals surface area contributed by atoms with Crippen LogP contribution in [0.1, 0.15) is 59.9 Å². The Morgan fingerprint density at radius 2 is 1.43 bits per heavy atom. The molecule has 1 aliphatic heterocycles. The van der Waals surface area contributed by atoms with Crippen molar-refractivity contribution in [1.29, 1.82) is 0 Å². The summed E-state index contributed by atoms with van der Waals surface area (Å²) >= 11 is 0. The van der Waals surface area contributed by atoms with Crippen LogP contribution in [0.5, 0.6) is 0 Å². The Labute approximate surface area is 180 Å². The van der Waals surface area contributed by atoms with Crippen molar-refractivity contribution in [3.8, 4) is 0 Å². The van der Waals surface area contributed by atoms with E-state index in [0.29, 0.717) is 24.2 Å². The number of benzene rings is 2. The van der Waals surface area contributed by atoms with Gasteiger partial charge in [0.2, 0.25) is 0 Å². The molecule has 0 saturated carbocycles. The molecule has 3 rings (SSSR count). The smallest absolute Gasteiger partial charge is 0.253 e. The standard InChI is InChI=1S/C25H33N3O2/c1-25(2,3)20-10-6-18(7-11-20)23(29)26-21-14-16-28(17-15-21)24(30)19-8-12-22(13-9-19)27(4)5/h6-13,21H,14-17H2,1-5H3,(H,26,29). The zero-order valence-corrected chi connectivity index (χ0v) is 18.7. The lowest BCUT2D eigenvalue weighted by Gasteiger charge is -2.32. The number of likely N-dealkylation sites (tertiary alicyclic amines) is 1. The van der Waals surface area contributed by atoms with Crippen LogP contribution in [0.3, 0.4) is 0 Å². The van der Waals surface area contributed by atoms with E-state index >= 15 is 0 Å². The lowest BCUT2D eigenvalue weighted by atomic mass is 9.86. The second-order valence-electron chi connectivity index (χ2n) is 9.31. The van der Waals surface area contributed by atoms with Gasteiger partial charge in [0, 0.05) is 50.0 Å². The molecule has 0 bridgehead atoms. The van der Waals surface area contributed by atoms with E-state index in [2.05, 4.69) is 26.1 Å². The summed E-state index contributed by atoms with van der Waals surface area (Å²) < 4.78 is 0. The molecule has 1 N–H and O–H groups in total. The minimum absolute atomic E-state index is 0.0421. The third-order valence-electron chi connectivity index (χ3n) is 5.76. The van der Waals surface area contributed by atoms with Crippen LogP contribution in [0, 0.1) is 0 Å². The minimum Gasteiger partial charge on any atom is -0.378 e. The second-order valence-corrected chi connectivity index (χ2v) is 9.31. The number of hydrogen-bond donors (Lipinski definition) is 1. The molecule has 2 aromatic carbocycles. The normalized spacial score (nSPS) is 15.0. The third kappa shape index (κ3) is 5.21. The summed E-state index contributed by atoms with van der Waals surface area (Å²) in [7, 11) is 3.96. The molecule has 5 heteroatoms. The number of hydrogen-bond acceptors (Lipinski definition) is 3. The van der Waals surface area contributed by atoms with E-state index in [1.165, 1.54) is 5.56 Å². The minimum atomic E-state index is -0.0421. The fourth-order valence-electron chi connectivity index (χ4n) is 3.70. The summed E-state index contributed by atoms with van der Waals surface area (Å²) in [6, 6.07) is 15.6. The van der Waals surface area contributed by atoms with Crippen molar-refractivity contribution in [2.24, 2.45) is 0 Å². The molecule has 0 aromatic heterocycles. The lowest BCUT2D eigenvalue weighted by Crippen LogP contribution is -2.46. The molecule has 0 atom stereocenters. The maximum Gasteiger partial charge on any atom is 0.253 e. The highest BCUT2D eigenvalue weighted by Gasteiger charge is 2.25. The Bertz CT molecular complexity index is 872. The number of carbonyl (C=O) groups is 2. The van der Waals surface area contributed by atoms with Gasteiger partial charge in [-0.25, -0.2) is 0 Å². The number of nitrogens with one attached hydrogen (secondary N) is 1. The molecule has 0 spiro atoms.